The van der Waals surface area contributed by atoms with Gasteiger partial charge in [-0.15, -0.1) is 0 Å². The molecule has 0 unspecified atom stereocenters. The molecule has 23 heavy (non-hydrogen) atoms. The Morgan fingerprint density at radius 1 is 0.913 bits per heavy atom. The maximum atomic E-state index is 11.5. The van der Waals surface area contributed by atoms with Gasteiger partial charge < -0.3 is 9.47 Å². The number of ether oxygens (including phenoxy) is 2. The molecule has 0 amide bonds. The zero-order chi connectivity index (χ0) is 17.2. The maximum Gasteiger partial charge on any atom is 0.336 e. The first kappa shape index (κ1) is 18.1. The Labute approximate surface area is 134 Å². The molecule has 1 aromatic carbocycles. The van der Waals surface area contributed by atoms with Gasteiger partial charge >= 0.3 is 11.9 Å². The number of esters is 2. The van der Waals surface area contributed by atoms with Crippen molar-refractivity contribution in [3.63, 3.8) is 0 Å². The van der Waals surface area contributed by atoms with E-state index in [-0.39, 0.29) is 5.78 Å². The fourth-order valence-electron chi connectivity index (χ4n) is 1.51. The molecule has 0 atom stereocenters. The zero-order valence-electron chi connectivity index (χ0n) is 13.2. The van der Waals surface area contributed by atoms with E-state index in [2.05, 4.69) is 4.74 Å². The highest BCUT2D eigenvalue weighted by atomic mass is 16.5. The summed E-state index contributed by atoms with van der Waals surface area (Å²) < 4.78 is 9.37. The van der Waals surface area contributed by atoms with Crippen LogP contribution in [0.5, 0.6) is 5.75 Å². The van der Waals surface area contributed by atoms with Gasteiger partial charge in [-0.25, -0.2) is 9.59 Å². The van der Waals surface area contributed by atoms with Crippen LogP contribution in [0.1, 0.15) is 19.4 Å². The lowest BCUT2D eigenvalue weighted by Crippen LogP contribution is -2.05. The Kier molecular flexibility index (Phi) is 7.20. The van der Waals surface area contributed by atoms with Crippen molar-refractivity contribution in [2.75, 3.05) is 7.11 Å². The molecule has 5 nitrogen and oxygen atoms in total. The molecule has 0 aliphatic carbocycles. The van der Waals surface area contributed by atoms with E-state index in [1.807, 2.05) is 13.8 Å². The maximum absolute atomic E-state index is 11.5. The molecule has 0 aliphatic heterocycles. The molecule has 0 radical (unpaired) electrons. The van der Waals surface area contributed by atoms with E-state index in [0.29, 0.717) is 5.75 Å². The number of hydrogen-bond donors (Lipinski definition) is 0. The summed E-state index contributed by atoms with van der Waals surface area (Å²) >= 11 is 0. The molecular formula is C18H18O5. The smallest absolute Gasteiger partial charge is 0.336 e. The first-order valence-electron chi connectivity index (χ1n) is 6.85. The van der Waals surface area contributed by atoms with Crippen LogP contribution in [-0.4, -0.2) is 24.8 Å². The number of rotatable bonds is 6. The number of benzene rings is 1. The summed E-state index contributed by atoms with van der Waals surface area (Å²) in [7, 11) is 1.21. The third-order valence-corrected chi connectivity index (χ3v) is 2.53. The van der Waals surface area contributed by atoms with Crippen molar-refractivity contribution in [3.05, 3.63) is 59.7 Å². The number of ketones is 1. The monoisotopic (exact) mass is 314 g/mol. The van der Waals surface area contributed by atoms with Gasteiger partial charge in [0.1, 0.15) is 5.75 Å². The average Bonchev–Trinajstić information content (AvgIpc) is 2.51. The van der Waals surface area contributed by atoms with Gasteiger partial charge in [-0.2, -0.15) is 0 Å². The molecule has 1 rings (SSSR count). The van der Waals surface area contributed by atoms with Gasteiger partial charge in [-0.1, -0.05) is 23.8 Å². The Morgan fingerprint density at radius 3 is 2.09 bits per heavy atom. The number of carbonyl (C=O) groups excluding carboxylic acids is 3. The summed E-state index contributed by atoms with van der Waals surface area (Å²) in [6.45, 7) is 3.70. The van der Waals surface area contributed by atoms with E-state index in [1.165, 1.54) is 13.2 Å². The van der Waals surface area contributed by atoms with Crippen molar-refractivity contribution in [2.24, 2.45) is 0 Å². The average molecular weight is 314 g/mol. The standard InChI is InChI=1S/C18H18O5/c1-13(2)12-15(19)7-4-14-5-8-16(9-6-14)23-18(21)11-10-17(20)22-3/h4-12H,1-3H3/b7-4+,11-10+. The Balaban J connectivity index is 2.63. The van der Waals surface area contributed by atoms with Gasteiger partial charge in [-0.05, 0) is 43.7 Å². The van der Waals surface area contributed by atoms with Crippen molar-refractivity contribution in [1.29, 1.82) is 0 Å². The predicted octanol–water partition coefficient (Wildman–Crippen LogP) is 2.87. The van der Waals surface area contributed by atoms with Gasteiger partial charge in [0, 0.05) is 12.2 Å². The highest BCUT2D eigenvalue weighted by Gasteiger charge is 2.02. The zero-order valence-corrected chi connectivity index (χ0v) is 13.2. The van der Waals surface area contributed by atoms with Gasteiger partial charge in [0.15, 0.2) is 5.78 Å². The van der Waals surface area contributed by atoms with Gasteiger partial charge in [-0.3, -0.25) is 4.79 Å². The lowest BCUT2D eigenvalue weighted by atomic mass is 10.1. The molecule has 0 N–H and O–H groups in total. The quantitative estimate of drug-likeness (QED) is 0.459. The Hall–Kier alpha value is -2.95. The lowest BCUT2D eigenvalue weighted by molar-refractivity contribution is -0.135. The van der Waals surface area contributed by atoms with E-state index in [0.717, 1.165) is 23.3 Å². The minimum Gasteiger partial charge on any atom is -0.466 e. The van der Waals surface area contributed by atoms with Crippen LogP contribution in [0.3, 0.4) is 0 Å². The normalized spacial score (nSPS) is 10.6. The fraction of sp³-hybridized carbons (Fsp3) is 0.167. The van der Waals surface area contributed by atoms with Crippen molar-refractivity contribution < 1.29 is 23.9 Å². The molecule has 0 spiro atoms. The second-order valence-corrected chi connectivity index (χ2v) is 4.80. The molecule has 1 aromatic rings. The molecule has 0 saturated carbocycles. The van der Waals surface area contributed by atoms with E-state index < -0.39 is 11.9 Å². The molecule has 120 valence electrons. The van der Waals surface area contributed by atoms with Gasteiger partial charge in [0.2, 0.25) is 0 Å². The summed E-state index contributed by atoms with van der Waals surface area (Å²) in [5.41, 5.74) is 1.73. The van der Waals surface area contributed by atoms with Crippen molar-refractivity contribution in [1.82, 2.24) is 0 Å². The third kappa shape index (κ3) is 7.57. The van der Waals surface area contributed by atoms with Gasteiger partial charge in [0.05, 0.1) is 7.11 Å². The minimum atomic E-state index is -0.683. The van der Waals surface area contributed by atoms with Crippen LogP contribution >= 0.6 is 0 Å². The van der Waals surface area contributed by atoms with Crippen molar-refractivity contribution >= 4 is 23.8 Å². The molecule has 0 aromatic heterocycles. The van der Waals surface area contributed by atoms with Crippen LogP contribution in [0.4, 0.5) is 0 Å². The minimum absolute atomic E-state index is 0.0894. The van der Waals surface area contributed by atoms with Gasteiger partial charge in [0.25, 0.3) is 0 Å². The number of allylic oxidation sites excluding steroid dienone is 3. The van der Waals surface area contributed by atoms with E-state index in [9.17, 15) is 14.4 Å². The molecule has 0 saturated heterocycles. The van der Waals surface area contributed by atoms with Crippen LogP contribution in [-0.2, 0) is 19.1 Å². The first-order valence-corrected chi connectivity index (χ1v) is 6.85. The van der Waals surface area contributed by atoms with Crippen molar-refractivity contribution in [3.8, 4) is 5.75 Å². The second-order valence-electron chi connectivity index (χ2n) is 4.80. The van der Waals surface area contributed by atoms with E-state index >= 15 is 0 Å². The largest absolute Gasteiger partial charge is 0.466 e. The van der Waals surface area contributed by atoms with E-state index in [4.69, 9.17) is 4.74 Å². The van der Waals surface area contributed by atoms with E-state index in [1.54, 1.807) is 36.4 Å². The lowest BCUT2D eigenvalue weighted by Gasteiger charge is -2.01. The first-order chi connectivity index (χ1) is 10.9. The van der Waals surface area contributed by atoms with Crippen LogP contribution in [0.2, 0.25) is 0 Å². The Bertz CT molecular complexity index is 659. The predicted molar refractivity (Wildman–Crippen MR) is 86.7 cm³/mol. The summed E-state index contributed by atoms with van der Waals surface area (Å²) in [5, 5.41) is 0. The highest BCUT2D eigenvalue weighted by Crippen LogP contribution is 2.13. The van der Waals surface area contributed by atoms with Crippen LogP contribution in [0.15, 0.2) is 54.1 Å². The fourth-order valence-corrected chi connectivity index (χ4v) is 1.51. The highest BCUT2D eigenvalue weighted by molar-refractivity contribution is 6.02. The molecule has 0 fully saturated rings. The van der Waals surface area contributed by atoms with Crippen molar-refractivity contribution in [2.45, 2.75) is 13.8 Å². The third-order valence-electron chi connectivity index (χ3n) is 2.53. The Morgan fingerprint density at radius 2 is 1.52 bits per heavy atom. The topological polar surface area (TPSA) is 69.7 Å². The molecule has 0 aliphatic rings. The SMILES string of the molecule is COC(=O)/C=C/C(=O)Oc1ccc(/C=C/C(=O)C=C(C)C)cc1. The molecule has 0 heterocycles. The summed E-state index contributed by atoms with van der Waals surface area (Å²) in [4.78, 5) is 33.8. The summed E-state index contributed by atoms with van der Waals surface area (Å²) in [6.07, 6.45) is 6.64. The number of methoxy groups -OCH3 is 1. The number of hydrogen-bond acceptors (Lipinski definition) is 5. The summed E-state index contributed by atoms with van der Waals surface area (Å²) in [6, 6.07) is 6.60. The van der Waals surface area contributed by atoms with Crippen LogP contribution < -0.4 is 4.74 Å². The summed E-state index contributed by atoms with van der Waals surface area (Å²) in [5.74, 6) is -1.08. The van der Waals surface area contributed by atoms with Crippen LogP contribution in [0.25, 0.3) is 6.08 Å². The van der Waals surface area contributed by atoms with Crippen LogP contribution in [0, 0.1) is 0 Å². The molecule has 5 heteroatoms. The molecular weight excluding hydrogens is 296 g/mol. The second kappa shape index (κ2) is 9.15. The molecule has 0 bridgehead atoms. The number of carbonyl (C=O) groups is 3.